The number of rotatable bonds is 5. The first-order valence-electron chi connectivity index (χ1n) is 7.73. The van der Waals surface area contributed by atoms with Gasteiger partial charge in [-0.15, -0.1) is 0 Å². The zero-order valence-electron chi connectivity index (χ0n) is 13.0. The van der Waals surface area contributed by atoms with Gasteiger partial charge >= 0.3 is 0 Å². The normalized spacial score (nSPS) is 13.8. The zero-order valence-corrected chi connectivity index (χ0v) is 13.0. The lowest BCUT2D eigenvalue weighted by Gasteiger charge is -2.16. The van der Waals surface area contributed by atoms with E-state index in [2.05, 4.69) is 20.2 Å². The lowest BCUT2D eigenvalue weighted by atomic mass is 10.2. The molecule has 1 aliphatic rings. The number of amides is 1. The molecule has 0 saturated carbocycles. The zero-order chi connectivity index (χ0) is 16.9. The van der Waals surface area contributed by atoms with Crippen LogP contribution in [0.15, 0.2) is 36.5 Å². The fourth-order valence-electron chi connectivity index (χ4n) is 2.59. The summed E-state index contributed by atoms with van der Waals surface area (Å²) in [6.07, 6.45) is 4.01. The second-order valence-corrected chi connectivity index (χ2v) is 5.51. The summed E-state index contributed by atoms with van der Waals surface area (Å²) in [7, 11) is 0. The summed E-state index contributed by atoms with van der Waals surface area (Å²) in [5.41, 5.74) is 0.310. The van der Waals surface area contributed by atoms with Crippen molar-refractivity contribution in [3.05, 3.63) is 58.0 Å². The fourth-order valence-corrected chi connectivity index (χ4v) is 2.59. The van der Waals surface area contributed by atoms with Gasteiger partial charge < -0.3 is 10.2 Å². The van der Waals surface area contributed by atoms with Gasteiger partial charge in [0.2, 0.25) is 0 Å². The average molecular weight is 327 g/mol. The van der Waals surface area contributed by atoms with Crippen molar-refractivity contribution >= 4 is 17.4 Å². The molecule has 24 heavy (non-hydrogen) atoms. The van der Waals surface area contributed by atoms with E-state index in [0.717, 1.165) is 31.7 Å². The lowest BCUT2D eigenvalue weighted by Crippen LogP contribution is -2.25. The van der Waals surface area contributed by atoms with Crippen molar-refractivity contribution in [3.8, 4) is 0 Å². The molecular weight excluding hydrogens is 310 g/mol. The number of nitrogens with one attached hydrogen (secondary N) is 1. The molecule has 0 aliphatic carbocycles. The minimum Gasteiger partial charge on any atom is -0.357 e. The van der Waals surface area contributed by atoms with Gasteiger partial charge in [0.15, 0.2) is 0 Å². The number of carbonyl (C=O) groups excluding carboxylic acids is 1. The second kappa shape index (κ2) is 7.03. The van der Waals surface area contributed by atoms with E-state index in [0.29, 0.717) is 11.4 Å². The summed E-state index contributed by atoms with van der Waals surface area (Å²) >= 11 is 0. The highest BCUT2D eigenvalue weighted by Crippen LogP contribution is 2.17. The monoisotopic (exact) mass is 327 g/mol. The summed E-state index contributed by atoms with van der Waals surface area (Å²) in [6.45, 7) is 2.19. The van der Waals surface area contributed by atoms with Crippen molar-refractivity contribution in [3.63, 3.8) is 0 Å². The van der Waals surface area contributed by atoms with Crippen LogP contribution < -0.4 is 10.2 Å². The topological polar surface area (TPSA) is 101 Å². The predicted octanol–water partition coefficient (Wildman–Crippen LogP) is 1.91. The van der Waals surface area contributed by atoms with Crippen LogP contribution in [0.25, 0.3) is 0 Å². The first kappa shape index (κ1) is 15.9. The maximum absolute atomic E-state index is 12.1. The van der Waals surface area contributed by atoms with Crippen molar-refractivity contribution < 1.29 is 9.72 Å². The molecule has 1 aliphatic heterocycles. The highest BCUT2D eigenvalue weighted by Gasteiger charge is 2.14. The Hall–Kier alpha value is -3.03. The smallest absolute Gasteiger partial charge is 0.269 e. The van der Waals surface area contributed by atoms with E-state index < -0.39 is 4.92 Å². The maximum atomic E-state index is 12.1. The van der Waals surface area contributed by atoms with Gasteiger partial charge in [-0.2, -0.15) is 0 Å². The molecule has 0 atom stereocenters. The molecule has 0 bridgehead atoms. The third-order valence-electron chi connectivity index (χ3n) is 3.87. The summed E-state index contributed by atoms with van der Waals surface area (Å²) in [6, 6.07) is 7.33. The van der Waals surface area contributed by atoms with Crippen molar-refractivity contribution in [2.75, 3.05) is 18.0 Å². The van der Waals surface area contributed by atoms with Gasteiger partial charge in [0.25, 0.3) is 11.6 Å². The third kappa shape index (κ3) is 3.65. The van der Waals surface area contributed by atoms with Crippen LogP contribution >= 0.6 is 0 Å². The van der Waals surface area contributed by atoms with Gasteiger partial charge in [-0.25, -0.2) is 9.97 Å². The quantitative estimate of drug-likeness (QED) is 0.665. The van der Waals surface area contributed by atoms with Crippen LogP contribution in [0, 0.1) is 10.1 Å². The number of anilines is 1. The number of nitro benzene ring substituents is 1. The highest BCUT2D eigenvalue weighted by molar-refractivity contribution is 5.94. The van der Waals surface area contributed by atoms with Crippen LogP contribution in [-0.2, 0) is 6.54 Å². The molecule has 124 valence electrons. The van der Waals surface area contributed by atoms with Crippen molar-refractivity contribution in [1.82, 2.24) is 15.3 Å². The van der Waals surface area contributed by atoms with Crippen LogP contribution in [0.4, 0.5) is 11.5 Å². The number of hydrogen-bond acceptors (Lipinski definition) is 6. The molecule has 1 fully saturated rings. The molecule has 1 aromatic carbocycles. The van der Waals surface area contributed by atoms with Crippen LogP contribution in [0.2, 0.25) is 0 Å². The Labute approximate surface area is 138 Å². The molecule has 2 aromatic rings. The first-order valence-corrected chi connectivity index (χ1v) is 7.73. The molecule has 0 unspecified atom stereocenters. The van der Waals surface area contributed by atoms with E-state index in [4.69, 9.17) is 0 Å². The Morgan fingerprint density at radius 3 is 2.58 bits per heavy atom. The number of benzene rings is 1. The van der Waals surface area contributed by atoms with E-state index >= 15 is 0 Å². The van der Waals surface area contributed by atoms with Crippen LogP contribution in [0.1, 0.15) is 29.0 Å². The minimum absolute atomic E-state index is 0.0480. The third-order valence-corrected chi connectivity index (χ3v) is 3.87. The van der Waals surface area contributed by atoms with Gasteiger partial charge in [0.1, 0.15) is 11.6 Å². The molecule has 8 nitrogen and oxygen atoms in total. The number of carbonyl (C=O) groups is 1. The molecule has 2 heterocycles. The number of nitrogens with zero attached hydrogens (tertiary/aromatic N) is 4. The molecule has 1 saturated heterocycles. The van der Waals surface area contributed by atoms with E-state index in [1.165, 1.54) is 24.3 Å². The number of hydrogen-bond donors (Lipinski definition) is 1. The average Bonchev–Trinajstić information content (AvgIpc) is 3.15. The summed E-state index contributed by atoms with van der Waals surface area (Å²) in [5.74, 6) is 1.09. The molecule has 0 spiro atoms. The fraction of sp³-hybridized carbons (Fsp3) is 0.312. The molecule has 0 radical (unpaired) electrons. The molecule has 1 amide bonds. The van der Waals surface area contributed by atoms with Crippen molar-refractivity contribution in [1.29, 1.82) is 0 Å². The SMILES string of the molecule is O=C(NCc1nccc(N2CCCC2)n1)c1ccc([N+](=O)[O-])cc1. The van der Waals surface area contributed by atoms with Crippen LogP contribution in [0.5, 0.6) is 0 Å². The first-order chi connectivity index (χ1) is 11.6. The largest absolute Gasteiger partial charge is 0.357 e. The molecule has 1 aromatic heterocycles. The second-order valence-electron chi connectivity index (χ2n) is 5.51. The van der Waals surface area contributed by atoms with Gasteiger partial charge in [-0.1, -0.05) is 0 Å². The molecular formula is C16H17N5O3. The minimum atomic E-state index is -0.501. The number of aromatic nitrogens is 2. The lowest BCUT2D eigenvalue weighted by molar-refractivity contribution is -0.384. The standard InChI is InChI=1S/C16H17N5O3/c22-16(12-3-5-13(6-4-12)21(23)24)18-11-14-17-8-7-15(19-14)20-9-1-2-10-20/h3-8H,1-2,9-11H2,(H,18,22). The Bertz CT molecular complexity index is 742. The van der Waals surface area contributed by atoms with E-state index in [1.807, 2.05) is 6.07 Å². The Morgan fingerprint density at radius 1 is 1.21 bits per heavy atom. The molecule has 3 rings (SSSR count). The molecule has 1 N–H and O–H groups in total. The van der Waals surface area contributed by atoms with E-state index in [1.54, 1.807) is 6.20 Å². The Balaban J connectivity index is 1.61. The predicted molar refractivity (Wildman–Crippen MR) is 87.7 cm³/mol. The van der Waals surface area contributed by atoms with Gasteiger partial charge in [-0.05, 0) is 31.0 Å². The maximum Gasteiger partial charge on any atom is 0.269 e. The van der Waals surface area contributed by atoms with Crippen molar-refractivity contribution in [2.24, 2.45) is 0 Å². The van der Waals surface area contributed by atoms with Gasteiger partial charge in [-0.3, -0.25) is 14.9 Å². The number of nitro groups is 1. The van der Waals surface area contributed by atoms with Gasteiger partial charge in [0, 0.05) is 37.0 Å². The summed E-state index contributed by atoms with van der Waals surface area (Å²) in [5, 5.41) is 13.3. The van der Waals surface area contributed by atoms with Crippen molar-refractivity contribution in [2.45, 2.75) is 19.4 Å². The van der Waals surface area contributed by atoms with Crippen LogP contribution in [0.3, 0.4) is 0 Å². The molecule has 8 heteroatoms. The van der Waals surface area contributed by atoms with E-state index in [-0.39, 0.29) is 18.1 Å². The highest BCUT2D eigenvalue weighted by atomic mass is 16.6. The van der Waals surface area contributed by atoms with Gasteiger partial charge in [0.05, 0.1) is 11.5 Å². The summed E-state index contributed by atoms with van der Waals surface area (Å²) < 4.78 is 0. The Morgan fingerprint density at radius 2 is 1.92 bits per heavy atom. The Kier molecular flexibility index (Phi) is 4.64. The van der Waals surface area contributed by atoms with E-state index in [9.17, 15) is 14.9 Å². The van der Waals surface area contributed by atoms with Crippen LogP contribution in [-0.4, -0.2) is 33.9 Å². The number of non-ortho nitro benzene ring substituents is 1. The summed E-state index contributed by atoms with van der Waals surface area (Å²) in [4.78, 5) is 33.0.